The molecule has 1 nitrogen and oxygen atoms in total. The molecule has 0 radical (unpaired) electrons. The van der Waals surface area contributed by atoms with Gasteiger partial charge < -0.3 is 18.3 Å². The van der Waals surface area contributed by atoms with Crippen LogP contribution in [0.15, 0.2) is 0 Å². The molecular formula is C4H8BF3KN. The Kier molecular flexibility index (Phi) is 3.95. The van der Waals surface area contributed by atoms with Crippen LogP contribution in [0, 0.1) is 0 Å². The Morgan fingerprint density at radius 2 is 1.70 bits per heavy atom. The summed E-state index contributed by atoms with van der Waals surface area (Å²) >= 11 is 0. The Hall–Kier alpha value is 1.45. The summed E-state index contributed by atoms with van der Waals surface area (Å²) in [6.07, 6.45) is 0. The topological polar surface area (TPSA) is 12.0 Å². The Labute approximate surface area is 101 Å². The fourth-order valence-corrected chi connectivity index (χ4v) is 0.751. The molecule has 1 N–H and O–H groups in total. The first kappa shape index (κ1) is 11.5. The minimum Gasteiger partial charge on any atom is -0.448 e. The van der Waals surface area contributed by atoms with E-state index in [1.807, 2.05) is 0 Å². The van der Waals surface area contributed by atoms with E-state index in [-0.39, 0.29) is 64.5 Å². The first-order valence-corrected chi connectivity index (χ1v) is 2.86. The van der Waals surface area contributed by atoms with E-state index >= 15 is 0 Å². The van der Waals surface area contributed by atoms with Gasteiger partial charge in [0.1, 0.15) is 0 Å². The van der Waals surface area contributed by atoms with Gasteiger partial charge in [0.25, 0.3) is 0 Å². The summed E-state index contributed by atoms with van der Waals surface area (Å²) in [5.41, 5.74) is 0. The van der Waals surface area contributed by atoms with E-state index in [0.29, 0.717) is 0 Å². The number of hydrogen-bond donors (Lipinski definition) is 1. The van der Waals surface area contributed by atoms with Crippen molar-refractivity contribution < 1.29 is 64.3 Å². The van der Waals surface area contributed by atoms with Gasteiger partial charge in [-0.05, 0) is 18.4 Å². The normalized spacial score (nSPS) is 22.8. The smallest absolute Gasteiger partial charge is 0.448 e. The fourth-order valence-electron chi connectivity index (χ4n) is 0.751. The van der Waals surface area contributed by atoms with Crippen molar-refractivity contribution >= 4 is 6.98 Å². The Balaban J connectivity index is 0.000000810. The Bertz CT molecular complexity index is 122. The number of halogens is 3. The first-order valence-electron chi connectivity index (χ1n) is 2.86. The third-order valence-electron chi connectivity index (χ3n) is 1.85. The molecule has 0 atom stereocenters. The van der Waals surface area contributed by atoms with Crippen LogP contribution < -0.4 is 56.7 Å². The average molecular weight is 177 g/mol. The van der Waals surface area contributed by atoms with Crippen molar-refractivity contribution in [2.75, 3.05) is 13.1 Å². The van der Waals surface area contributed by atoms with Crippen LogP contribution in [0.1, 0.15) is 6.92 Å². The van der Waals surface area contributed by atoms with Gasteiger partial charge in [-0.2, -0.15) is 0 Å². The molecule has 0 unspecified atom stereocenters. The van der Waals surface area contributed by atoms with E-state index < -0.39 is 12.3 Å². The van der Waals surface area contributed by atoms with E-state index in [9.17, 15) is 12.9 Å². The molecule has 1 saturated heterocycles. The summed E-state index contributed by atoms with van der Waals surface area (Å²) in [7, 11) is 0. The van der Waals surface area contributed by atoms with Gasteiger partial charge in [0, 0.05) is 0 Å². The monoisotopic (exact) mass is 177 g/mol. The van der Waals surface area contributed by atoms with Crippen molar-refractivity contribution in [3.05, 3.63) is 0 Å². The molecule has 1 rings (SSSR count). The SMILES string of the molecule is CC1([B-](F)(F)F)CNC1.[K+]. The summed E-state index contributed by atoms with van der Waals surface area (Å²) < 4.78 is 35.7. The van der Waals surface area contributed by atoms with Crippen LogP contribution >= 0.6 is 0 Å². The van der Waals surface area contributed by atoms with Gasteiger partial charge in [-0.1, -0.05) is 6.92 Å². The zero-order valence-corrected chi connectivity index (χ0v) is 9.25. The molecule has 6 heteroatoms. The molecule has 10 heavy (non-hydrogen) atoms. The van der Waals surface area contributed by atoms with Gasteiger partial charge in [0.05, 0.1) is 0 Å². The fraction of sp³-hybridized carbons (Fsp3) is 1.00. The molecule has 1 aliphatic rings. The molecule has 0 aromatic rings. The average Bonchev–Trinajstić information content (AvgIpc) is 1.57. The molecule has 0 spiro atoms. The molecular weight excluding hydrogens is 169 g/mol. The minimum absolute atomic E-state index is 0. The summed E-state index contributed by atoms with van der Waals surface area (Å²) in [5.74, 6) is 0. The Morgan fingerprint density at radius 3 is 1.70 bits per heavy atom. The van der Waals surface area contributed by atoms with Gasteiger partial charge in [-0.3, -0.25) is 0 Å². The molecule has 1 fully saturated rings. The van der Waals surface area contributed by atoms with Crippen molar-refractivity contribution in [1.82, 2.24) is 5.32 Å². The second-order valence-electron chi connectivity index (χ2n) is 2.83. The second kappa shape index (κ2) is 3.45. The van der Waals surface area contributed by atoms with Crippen LogP contribution in [0.4, 0.5) is 12.9 Å². The third kappa shape index (κ3) is 1.98. The van der Waals surface area contributed by atoms with Crippen molar-refractivity contribution in [3.8, 4) is 0 Å². The van der Waals surface area contributed by atoms with E-state index in [2.05, 4.69) is 5.32 Å². The maximum atomic E-state index is 11.9. The zero-order valence-electron chi connectivity index (χ0n) is 6.13. The van der Waals surface area contributed by atoms with E-state index in [1.54, 1.807) is 0 Å². The van der Waals surface area contributed by atoms with Gasteiger partial charge in [-0.25, -0.2) is 0 Å². The maximum absolute atomic E-state index is 11.9. The summed E-state index contributed by atoms with van der Waals surface area (Å²) in [5, 5.41) is 1.22. The van der Waals surface area contributed by atoms with Crippen LogP contribution in [0.3, 0.4) is 0 Å². The molecule has 1 heterocycles. The minimum atomic E-state index is -4.63. The van der Waals surface area contributed by atoms with E-state index in [4.69, 9.17) is 0 Å². The molecule has 0 amide bonds. The number of hydrogen-bond acceptors (Lipinski definition) is 1. The zero-order chi connectivity index (χ0) is 7.12. The van der Waals surface area contributed by atoms with Gasteiger partial charge >= 0.3 is 58.4 Å². The molecule has 0 bridgehead atoms. The molecule has 0 aromatic carbocycles. The largest absolute Gasteiger partial charge is 1.00 e. The Morgan fingerprint density at radius 1 is 1.30 bits per heavy atom. The summed E-state index contributed by atoms with van der Waals surface area (Å²) in [6, 6.07) is 0. The summed E-state index contributed by atoms with van der Waals surface area (Å²) in [4.78, 5) is 0. The predicted molar refractivity (Wildman–Crippen MR) is 30.3 cm³/mol. The summed E-state index contributed by atoms with van der Waals surface area (Å²) in [6.45, 7) is -3.19. The van der Waals surface area contributed by atoms with Crippen molar-refractivity contribution in [2.45, 2.75) is 12.2 Å². The van der Waals surface area contributed by atoms with Gasteiger partial charge in [0.2, 0.25) is 0 Å². The maximum Gasteiger partial charge on any atom is 1.00 e. The van der Waals surface area contributed by atoms with Crippen molar-refractivity contribution in [2.24, 2.45) is 0 Å². The standard InChI is InChI=1S/C4H8BF3N.K/c1-4(2-9-3-4)5(6,7)8;/h9H,2-3H2,1H3;/q-1;+1. The quantitative estimate of drug-likeness (QED) is 0.466. The molecule has 54 valence electrons. The van der Waals surface area contributed by atoms with Crippen LogP contribution in [-0.4, -0.2) is 20.1 Å². The van der Waals surface area contributed by atoms with Crippen LogP contribution in [0.5, 0.6) is 0 Å². The van der Waals surface area contributed by atoms with Crippen LogP contribution in [0.25, 0.3) is 0 Å². The molecule has 0 aromatic heterocycles. The number of nitrogens with one attached hydrogen (secondary N) is 1. The van der Waals surface area contributed by atoms with Gasteiger partial charge in [0.15, 0.2) is 0 Å². The van der Waals surface area contributed by atoms with Crippen molar-refractivity contribution in [3.63, 3.8) is 0 Å². The molecule has 1 aliphatic heterocycles. The van der Waals surface area contributed by atoms with E-state index in [0.717, 1.165) is 0 Å². The van der Waals surface area contributed by atoms with E-state index in [1.165, 1.54) is 6.92 Å². The molecule has 0 saturated carbocycles. The predicted octanol–water partition coefficient (Wildman–Crippen LogP) is -1.80. The molecule has 0 aliphatic carbocycles. The van der Waals surface area contributed by atoms with Crippen molar-refractivity contribution in [1.29, 1.82) is 0 Å². The third-order valence-corrected chi connectivity index (χ3v) is 1.85. The van der Waals surface area contributed by atoms with Gasteiger partial charge in [-0.15, -0.1) is 0 Å². The number of rotatable bonds is 1. The second-order valence-corrected chi connectivity index (χ2v) is 2.83. The van der Waals surface area contributed by atoms with Crippen LogP contribution in [0.2, 0.25) is 5.31 Å². The first-order chi connectivity index (χ1) is 3.96. The van der Waals surface area contributed by atoms with Crippen LogP contribution in [-0.2, 0) is 0 Å².